The minimum atomic E-state index is -1.89. The fourth-order valence-electron chi connectivity index (χ4n) is 4.22. The van der Waals surface area contributed by atoms with Crippen LogP contribution >= 0.6 is 0 Å². The van der Waals surface area contributed by atoms with E-state index in [9.17, 15) is 9.59 Å². The lowest BCUT2D eigenvalue weighted by molar-refractivity contribution is -0.162. The summed E-state index contributed by atoms with van der Waals surface area (Å²) in [5.41, 5.74) is 0.415. The highest BCUT2D eigenvalue weighted by atomic mass is 16.6. The minimum Gasteiger partial charge on any atom is -0.497 e. The lowest BCUT2D eigenvalue weighted by Crippen LogP contribution is -2.47. The van der Waals surface area contributed by atoms with Crippen LogP contribution in [0.5, 0.6) is 11.5 Å². The monoisotopic (exact) mass is 450 g/mol. The number of carbonyl (C=O) groups excluding carboxylic acids is 2. The highest BCUT2D eigenvalue weighted by molar-refractivity contribution is 6.15. The van der Waals surface area contributed by atoms with Crippen LogP contribution in [0, 0.1) is 0 Å². The molecule has 0 spiro atoms. The summed E-state index contributed by atoms with van der Waals surface area (Å²) >= 11 is 0. The molecule has 33 heavy (non-hydrogen) atoms. The first-order chi connectivity index (χ1) is 16.0. The van der Waals surface area contributed by atoms with Gasteiger partial charge in [-0.15, -0.1) is 0 Å². The van der Waals surface area contributed by atoms with Crippen molar-refractivity contribution in [2.45, 2.75) is 19.3 Å². The first kappa shape index (κ1) is 22.3. The Hall–Kier alpha value is -3.94. The van der Waals surface area contributed by atoms with Gasteiger partial charge in [-0.25, -0.2) is 0 Å². The molecular weight excluding hydrogens is 424 g/mol. The highest BCUT2D eigenvalue weighted by Gasteiger charge is 2.55. The van der Waals surface area contributed by atoms with Gasteiger partial charge in [0.1, 0.15) is 11.5 Å². The average molecular weight is 450 g/mol. The van der Waals surface area contributed by atoms with Crippen molar-refractivity contribution in [3.63, 3.8) is 0 Å². The number of esters is 2. The van der Waals surface area contributed by atoms with Crippen molar-refractivity contribution in [3.8, 4) is 11.5 Å². The molecular formula is C25H26N2O6. The first-order valence-corrected chi connectivity index (χ1v) is 10.7. The molecule has 0 saturated carbocycles. The Labute approximate surface area is 190 Å². The molecule has 0 atom stereocenters. The van der Waals surface area contributed by atoms with Crippen LogP contribution in [-0.2, 0) is 24.5 Å². The van der Waals surface area contributed by atoms with Gasteiger partial charge in [0.05, 0.1) is 27.4 Å². The van der Waals surface area contributed by atoms with E-state index in [0.717, 1.165) is 11.0 Å². The second-order valence-corrected chi connectivity index (χ2v) is 7.42. The molecule has 0 aliphatic heterocycles. The van der Waals surface area contributed by atoms with E-state index in [1.807, 2.05) is 12.1 Å². The Bertz CT molecular complexity index is 1220. The predicted molar refractivity (Wildman–Crippen MR) is 124 cm³/mol. The summed E-state index contributed by atoms with van der Waals surface area (Å²) in [6.07, 6.45) is 3.30. The van der Waals surface area contributed by atoms with Gasteiger partial charge < -0.3 is 28.9 Å². The first-order valence-electron chi connectivity index (χ1n) is 10.7. The Morgan fingerprint density at radius 1 is 0.758 bits per heavy atom. The molecule has 8 heteroatoms. The number of nitrogens with one attached hydrogen (secondary N) is 2. The Kier molecular flexibility index (Phi) is 6.00. The number of carbonyl (C=O) groups is 2. The molecule has 0 aliphatic rings. The quantitative estimate of drug-likeness (QED) is 0.310. The highest BCUT2D eigenvalue weighted by Crippen LogP contribution is 2.43. The van der Waals surface area contributed by atoms with Crippen LogP contribution < -0.4 is 9.47 Å². The van der Waals surface area contributed by atoms with Crippen molar-refractivity contribution in [2.24, 2.45) is 0 Å². The molecule has 0 amide bonds. The van der Waals surface area contributed by atoms with E-state index in [1.165, 1.54) is 0 Å². The number of aromatic nitrogens is 2. The van der Waals surface area contributed by atoms with Gasteiger partial charge in [0, 0.05) is 45.3 Å². The smallest absolute Gasteiger partial charge is 0.332 e. The van der Waals surface area contributed by atoms with Crippen LogP contribution in [0.1, 0.15) is 25.0 Å². The zero-order chi connectivity index (χ0) is 23.6. The van der Waals surface area contributed by atoms with Crippen molar-refractivity contribution in [1.82, 2.24) is 9.97 Å². The number of hydrogen-bond acceptors (Lipinski definition) is 6. The number of benzene rings is 2. The van der Waals surface area contributed by atoms with Gasteiger partial charge in [-0.05, 0) is 50.2 Å². The third kappa shape index (κ3) is 3.47. The molecule has 8 nitrogen and oxygen atoms in total. The van der Waals surface area contributed by atoms with Crippen LogP contribution in [0.25, 0.3) is 21.8 Å². The maximum Gasteiger partial charge on any atom is 0.332 e. The number of fused-ring (bicyclic) bond motifs is 2. The normalized spacial score (nSPS) is 11.5. The number of ether oxygens (including phenoxy) is 4. The van der Waals surface area contributed by atoms with Crippen molar-refractivity contribution in [3.05, 3.63) is 59.9 Å². The second kappa shape index (κ2) is 8.90. The van der Waals surface area contributed by atoms with Gasteiger partial charge in [0.15, 0.2) is 0 Å². The number of rotatable bonds is 8. The van der Waals surface area contributed by atoms with Gasteiger partial charge in [0.25, 0.3) is 0 Å². The Balaban J connectivity index is 2.13. The summed E-state index contributed by atoms with van der Waals surface area (Å²) in [5.74, 6) is -0.275. The summed E-state index contributed by atoms with van der Waals surface area (Å²) in [5, 5.41) is 1.29. The largest absolute Gasteiger partial charge is 0.497 e. The van der Waals surface area contributed by atoms with E-state index < -0.39 is 17.4 Å². The lowest BCUT2D eigenvalue weighted by atomic mass is 9.74. The molecule has 4 rings (SSSR count). The average Bonchev–Trinajstić information content (AvgIpc) is 3.44. The molecule has 0 unspecified atom stereocenters. The summed E-state index contributed by atoms with van der Waals surface area (Å²) in [6, 6.07) is 10.8. The van der Waals surface area contributed by atoms with Gasteiger partial charge in [-0.2, -0.15) is 0 Å². The zero-order valence-electron chi connectivity index (χ0n) is 19.0. The summed E-state index contributed by atoms with van der Waals surface area (Å²) in [4.78, 5) is 33.9. The van der Waals surface area contributed by atoms with Gasteiger partial charge in [-0.1, -0.05) is 0 Å². The van der Waals surface area contributed by atoms with E-state index in [1.54, 1.807) is 64.7 Å². The molecule has 4 aromatic rings. The van der Waals surface area contributed by atoms with E-state index in [2.05, 4.69) is 9.97 Å². The third-order valence-electron chi connectivity index (χ3n) is 5.75. The standard InChI is InChI=1S/C25H26N2O6/c1-5-32-23(28)25(24(29)33-6-2,19-13-26-21-9-7-15(30-3)11-17(19)21)20-14-27-22-10-8-16(31-4)12-18(20)22/h7-14,26-27H,5-6H2,1-4H3. The maximum atomic E-state index is 13.8. The summed E-state index contributed by atoms with van der Waals surface area (Å²) in [6.45, 7) is 3.59. The lowest BCUT2D eigenvalue weighted by Gasteiger charge is -2.29. The third-order valence-corrected chi connectivity index (χ3v) is 5.75. The van der Waals surface area contributed by atoms with Gasteiger partial charge in [-0.3, -0.25) is 9.59 Å². The van der Waals surface area contributed by atoms with Crippen molar-refractivity contribution < 1.29 is 28.5 Å². The van der Waals surface area contributed by atoms with Gasteiger partial charge >= 0.3 is 11.9 Å². The maximum absolute atomic E-state index is 13.8. The molecule has 2 heterocycles. The van der Waals surface area contributed by atoms with Crippen molar-refractivity contribution in [2.75, 3.05) is 27.4 Å². The number of methoxy groups -OCH3 is 2. The van der Waals surface area contributed by atoms with Crippen LogP contribution in [0.15, 0.2) is 48.8 Å². The predicted octanol–water partition coefficient (Wildman–Crippen LogP) is 4.08. The molecule has 0 saturated heterocycles. The fourth-order valence-corrected chi connectivity index (χ4v) is 4.22. The van der Waals surface area contributed by atoms with Crippen LogP contribution in [0.2, 0.25) is 0 Å². The van der Waals surface area contributed by atoms with E-state index >= 15 is 0 Å². The van der Waals surface area contributed by atoms with E-state index in [-0.39, 0.29) is 13.2 Å². The molecule has 0 fully saturated rings. The van der Waals surface area contributed by atoms with Gasteiger partial charge in [0.2, 0.25) is 5.41 Å². The molecule has 0 bridgehead atoms. The number of aromatic amines is 2. The molecule has 0 radical (unpaired) electrons. The Morgan fingerprint density at radius 2 is 1.18 bits per heavy atom. The van der Waals surface area contributed by atoms with E-state index in [4.69, 9.17) is 18.9 Å². The SMILES string of the molecule is CCOC(=O)C(C(=O)OCC)(c1c[nH]c2ccc(OC)cc12)c1c[nH]c2ccc(OC)cc12. The minimum absolute atomic E-state index is 0.0946. The molecule has 2 aromatic carbocycles. The number of H-pyrrole nitrogens is 2. The van der Waals surface area contributed by atoms with Crippen LogP contribution in [0.3, 0.4) is 0 Å². The zero-order valence-corrected chi connectivity index (χ0v) is 19.0. The molecule has 172 valence electrons. The number of hydrogen-bond donors (Lipinski definition) is 2. The van der Waals surface area contributed by atoms with E-state index in [0.29, 0.717) is 33.4 Å². The molecule has 2 N–H and O–H groups in total. The summed E-state index contributed by atoms with van der Waals surface area (Å²) < 4.78 is 21.8. The fraction of sp³-hybridized carbons (Fsp3) is 0.280. The molecule has 2 aromatic heterocycles. The Morgan fingerprint density at radius 3 is 1.55 bits per heavy atom. The van der Waals surface area contributed by atoms with Crippen molar-refractivity contribution in [1.29, 1.82) is 0 Å². The van der Waals surface area contributed by atoms with Crippen molar-refractivity contribution >= 4 is 33.7 Å². The second-order valence-electron chi connectivity index (χ2n) is 7.42. The van der Waals surface area contributed by atoms with Crippen LogP contribution in [0.4, 0.5) is 0 Å². The topological polar surface area (TPSA) is 103 Å². The van der Waals surface area contributed by atoms with Crippen LogP contribution in [-0.4, -0.2) is 49.3 Å². The summed E-state index contributed by atoms with van der Waals surface area (Å²) in [7, 11) is 3.12. The molecule has 0 aliphatic carbocycles.